The van der Waals surface area contributed by atoms with Gasteiger partial charge in [0.05, 0.1) is 11.9 Å². The Morgan fingerprint density at radius 3 is 2.30 bits per heavy atom. The van der Waals surface area contributed by atoms with Gasteiger partial charge in [-0.3, -0.25) is 9.48 Å². The van der Waals surface area contributed by atoms with Crippen molar-refractivity contribution in [3.63, 3.8) is 0 Å². The van der Waals surface area contributed by atoms with Gasteiger partial charge in [0.2, 0.25) is 5.91 Å². The van der Waals surface area contributed by atoms with Gasteiger partial charge in [0, 0.05) is 85.6 Å². The monoisotopic (exact) mass is 587 g/mol. The van der Waals surface area contributed by atoms with E-state index in [0.717, 1.165) is 93.2 Å². The second kappa shape index (κ2) is 11.8. The number of nitrogens with zero attached hydrogens (tertiary/aromatic N) is 6. The van der Waals surface area contributed by atoms with Gasteiger partial charge in [-0.15, -0.1) is 0 Å². The Hall–Kier alpha value is -4.69. The van der Waals surface area contributed by atoms with Gasteiger partial charge in [-0.05, 0) is 81.3 Å². The van der Waals surface area contributed by atoms with E-state index in [-0.39, 0.29) is 5.91 Å². The number of anilines is 2. The number of carbonyl (C=O) groups excluding carboxylic acids is 1. The predicted molar refractivity (Wildman–Crippen MR) is 181 cm³/mol. The Kier molecular flexibility index (Phi) is 7.86. The molecule has 0 radical (unpaired) electrons. The fourth-order valence-corrected chi connectivity index (χ4v) is 6.25. The number of aryl methyl sites for hydroxylation is 3. The summed E-state index contributed by atoms with van der Waals surface area (Å²) >= 11 is 0. The number of fused-ring (bicyclic) bond motifs is 1. The molecule has 8 heteroatoms. The van der Waals surface area contributed by atoms with Crippen molar-refractivity contribution in [3.8, 4) is 33.5 Å². The number of allylic oxidation sites excluding steroid dienone is 1. The summed E-state index contributed by atoms with van der Waals surface area (Å²) < 4.78 is 1.90. The second-order valence-electron chi connectivity index (χ2n) is 11.9. The number of likely N-dealkylation sites (N-methyl/N-ethyl adjacent to an activating group) is 2. The second-order valence-corrected chi connectivity index (χ2v) is 11.9. The molecule has 1 N–H and O–H groups in total. The topological polar surface area (TPSA) is 73.3 Å². The first-order valence-corrected chi connectivity index (χ1v) is 15.2. The van der Waals surface area contributed by atoms with Crippen LogP contribution in [0.3, 0.4) is 0 Å². The van der Waals surface area contributed by atoms with Crippen LogP contribution in [-0.4, -0.2) is 70.8 Å². The molecular formula is C36H41N7O. The molecule has 1 saturated heterocycles. The third-order valence-electron chi connectivity index (χ3n) is 9.13. The zero-order valence-corrected chi connectivity index (χ0v) is 26.8. The van der Waals surface area contributed by atoms with E-state index in [9.17, 15) is 4.79 Å². The van der Waals surface area contributed by atoms with Crippen molar-refractivity contribution in [2.75, 3.05) is 50.1 Å². The first-order chi connectivity index (χ1) is 21.2. The van der Waals surface area contributed by atoms with Crippen LogP contribution in [0.5, 0.6) is 0 Å². The molecule has 3 aromatic heterocycles. The molecule has 44 heavy (non-hydrogen) atoms. The molecule has 8 nitrogen and oxygen atoms in total. The van der Waals surface area contributed by atoms with Crippen LogP contribution in [0.2, 0.25) is 0 Å². The molecule has 1 fully saturated rings. The minimum Gasteiger partial charge on any atom is -0.369 e. The van der Waals surface area contributed by atoms with Crippen molar-refractivity contribution in [2.45, 2.75) is 27.7 Å². The van der Waals surface area contributed by atoms with Crippen LogP contribution in [-0.2, 0) is 11.8 Å². The van der Waals surface area contributed by atoms with E-state index in [1.165, 1.54) is 5.69 Å². The summed E-state index contributed by atoms with van der Waals surface area (Å²) in [5, 5.41) is 5.57. The van der Waals surface area contributed by atoms with Crippen molar-refractivity contribution in [1.29, 1.82) is 0 Å². The van der Waals surface area contributed by atoms with E-state index in [1.807, 2.05) is 45.0 Å². The van der Waals surface area contributed by atoms with Crippen molar-refractivity contribution in [1.82, 2.24) is 24.6 Å². The number of carbonyl (C=O) groups is 1. The van der Waals surface area contributed by atoms with Crippen LogP contribution in [0.1, 0.15) is 23.7 Å². The largest absolute Gasteiger partial charge is 0.369 e. The number of piperazine rings is 1. The Labute approximate surface area is 259 Å². The summed E-state index contributed by atoms with van der Waals surface area (Å²) in [7, 11) is 5.97. The minimum atomic E-state index is -0.0569. The molecule has 0 atom stereocenters. The van der Waals surface area contributed by atoms with E-state index < -0.39 is 0 Å². The Balaban J connectivity index is 1.54. The molecule has 226 valence electrons. The average Bonchev–Trinajstić information content (AvgIpc) is 3.58. The lowest BCUT2D eigenvalue weighted by molar-refractivity contribution is -0.113. The molecule has 2 aromatic carbocycles. The molecule has 4 heterocycles. The van der Waals surface area contributed by atoms with E-state index in [1.54, 1.807) is 17.1 Å². The standard InChI is InChI=1S/C36H41N7O/c1-8-9-32(44)41(6)31-20-27(11-10-23(31)2)34-33-24(3)29(30-22-38-42(7)25(30)4)21-37-36(33)39-35(34)26-12-14-28(15-13-26)43-18-16-40(5)17-19-43/h8-15,20-22H,16-19H2,1-7H3,(H,37,39)/b9-8+. The number of hydrogen-bond donors (Lipinski definition) is 1. The highest BCUT2D eigenvalue weighted by atomic mass is 16.2. The van der Waals surface area contributed by atoms with Gasteiger partial charge in [-0.1, -0.05) is 30.3 Å². The summed E-state index contributed by atoms with van der Waals surface area (Å²) in [6.07, 6.45) is 7.24. The molecule has 0 bridgehead atoms. The van der Waals surface area contributed by atoms with Gasteiger partial charge < -0.3 is 19.7 Å². The maximum absolute atomic E-state index is 12.9. The summed E-state index contributed by atoms with van der Waals surface area (Å²) in [5.41, 5.74) is 12.6. The van der Waals surface area contributed by atoms with Gasteiger partial charge in [-0.25, -0.2) is 4.98 Å². The smallest absolute Gasteiger partial charge is 0.250 e. The number of H-pyrrole nitrogens is 1. The van der Waals surface area contributed by atoms with E-state index in [0.29, 0.717) is 0 Å². The fourth-order valence-electron chi connectivity index (χ4n) is 6.25. The number of amides is 1. The molecule has 0 saturated carbocycles. The third kappa shape index (κ3) is 5.19. The summed E-state index contributed by atoms with van der Waals surface area (Å²) in [5.74, 6) is -0.0569. The number of pyridine rings is 1. The SMILES string of the molecule is C/C=C/C(=O)N(C)c1cc(-c2c(-c3ccc(N4CCN(C)CC4)cc3)[nH]c3ncc(-c4cnn(C)c4C)c(C)c23)ccc1C. The van der Waals surface area contributed by atoms with Gasteiger partial charge in [0.15, 0.2) is 0 Å². The fraction of sp³-hybridized carbons (Fsp3) is 0.306. The van der Waals surface area contributed by atoms with Crippen LogP contribution in [0, 0.1) is 20.8 Å². The number of benzene rings is 2. The van der Waals surface area contributed by atoms with Crippen LogP contribution < -0.4 is 9.80 Å². The molecular weight excluding hydrogens is 546 g/mol. The first-order valence-electron chi connectivity index (χ1n) is 15.2. The summed E-state index contributed by atoms with van der Waals surface area (Å²) in [6, 6.07) is 15.2. The lowest BCUT2D eigenvalue weighted by atomic mass is 9.93. The average molecular weight is 588 g/mol. The van der Waals surface area contributed by atoms with Crippen molar-refractivity contribution in [2.24, 2.45) is 7.05 Å². The Morgan fingerprint density at radius 2 is 1.64 bits per heavy atom. The van der Waals surface area contributed by atoms with Gasteiger partial charge in [0.25, 0.3) is 0 Å². The first kappa shape index (κ1) is 29.4. The molecule has 0 unspecified atom stereocenters. The molecule has 6 rings (SSSR count). The molecule has 5 aromatic rings. The Bertz CT molecular complexity index is 1870. The molecule has 0 spiro atoms. The van der Waals surface area contributed by atoms with Crippen LogP contribution in [0.25, 0.3) is 44.5 Å². The summed E-state index contributed by atoms with van der Waals surface area (Å²) in [6.45, 7) is 12.3. The highest BCUT2D eigenvalue weighted by Gasteiger charge is 2.23. The zero-order valence-electron chi connectivity index (χ0n) is 26.8. The quantitative estimate of drug-likeness (QED) is 0.229. The number of aromatic nitrogens is 4. The Morgan fingerprint density at radius 1 is 0.932 bits per heavy atom. The van der Waals surface area contributed by atoms with E-state index in [2.05, 4.69) is 83.2 Å². The molecule has 1 amide bonds. The van der Waals surface area contributed by atoms with Crippen LogP contribution >= 0.6 is 0 Å². The minimum absolute atomic E-state index is 0.0569. The number of rotatable bonds is 6. The third-order valence-corrected chi connectivity index (χ3v) is 9.13. The van der Waals surface area contributed by atoms with Gasteiger partial charge >= 0.3 is 0 Å². The van der Waals surface area contributed by atoms with Crippen LogP contribution in [0.4, 0.5) is 11.4 Å². The predicted octanol–water partition coefficient (Wildman–Crippen LogP) is 6.51. The number of nitrogens with one attached hydrogen (secondary N) is 1. The maximum atomic E-state index is 12.9. The van der Waals surface area contributed by atoms with E-state index in [4.69, 9.17) is 4.98 Å². The van der Waals surface area contributed by atoms with Crippen LogP contribution in [0.15, 0.2) is 67.0 Å². The highest BCUT2D eigenvalue weighted by molar-refractivity contribution is 6.07. The van der Waals surface area contributed by atoms with Gasteiger partial charge in [-0.2, -0.15) is 5.10 Å². The number of hydrogen-bond acceptors (Lipinski definition) is 5. The molecule has 1 aliphatic rings. The normalized spacial score (nSPS) is 14.2. The van der Waals surface area contributed by atoms with Crippen molar-refractivity contribution in [3.05, 3.63) is 83.8 Å². The van der Waals surface area contributed by atoms with Crippen molar-refractivity contribution >= 4 is 28.3 Å². The molecule has 1 aliphatic heterocycles. The lowest BCUT2D eigenvalue weighted by Crippen LogP contribution is -2.44. The number of aromatic amines is 1. The highest BCUT2D eigenvalue weighted by Crippen LogP contribution is 2.43. The summed E-state index contributed by atoms with van der Waals surface area (Å²) in [4.78, 5) is 28.0. The zero-order chi connectivity index (χ0) is 31.1. The van der Waals surface area contributed by atoms with Crippen molar-refractivity contribution < 1.29 is 4.79 Å². The lowest BCUT2D eigenvalue weighted by Gasteiger charge is -2.34. The maximum Gasteiger partial charge on any atom is 0.250 e. The molecule has 0 aliphatic carbocycles. The van der Waals surface area contributed by atoms with E-state index >= 15 is 0 Å². The van der Waals surface area contributed by atoms with Gasteiger partial charge in [0.1, 0.15) is 5.65 Å².